The molecule has 1 aromatic rings. The van der Waals surface area contributed by atoms with E-state index < -0.39 is 11.6 Å². The van der Waals surface area contributed by atoms with Crippen molar-refractivity contribution in [3.63, 3.8) is 0 Å². The van der Waals surface area contributed by atoms with Crippen LogP contribution in [0.3, 0.4) is 0 Å². The number of benzene rings is 1. The van der Waals surface area contributed by atoms with Crippen molar-refractivity contribution in [3.05, 3.63) is 29.3 Å². The summed E-state index contributed by atoms with van der Waals surface area (Å²) >= 11 is 0. The molecule has 3 heterocycles. The van der Waals surface area contributed by atoms with Crippen molar-refractivity contribution in [2.24, 2.45) is 5.92 Å². The van der Waals surface area contributed by atoms with Gasteiger partial charge in [-0.25, -0.2) is 0 Å². The summed E-state index contributed by atoms with van der Waals surface area (Å²) in [7, 11) is 0. The zero-order chi connectivity index (χ0) is 22.6. The number of nitrogens with zero attached hydrogens (tertiary/aromatic N) is 1. The van der Waals surface area contributed by atoms with E-state index in [0.717, 1.165) is 24.2 Å². The first kappa shape index (κ1) is 22.1. The van der Waals surface area contributed by atoms with Gasteiger partial charge in [0.25, 0.3) is 0 Å². The molecule has 1 aromatic carbocycles. The fourth-order valence-corrected chi connectivity index (χ4v) is 5.40. The molecular weight excluding hydrogens is 394 g/mol. The number of carbonyl (C=O) groups excluding carboxylic acids is 1. The predicted molar refractivity (Wildman–Crippen MR) is 117 cm³/mol. The van der Waals surface area contributed by atoms with Gasteiger partial charge in [-0.1, -0.05) is 26.8 Å². The summed E-state index contributed by atoms with van der Waals surface area (Å²) in [4.78, 5) is 25.5. The molecule has 1 N–H and O–H groups in total. The van der Waals surface area contributed by atoms with E-state index in [1.165, 1.54) is 5.56 Å². The second-order valence-corrected chi connectivity index (χ2v) is 10.8. The number of likely N-dealkylation sites (tertiary alicyclic amines) is 1. The third-order valence-corrected chi connectivity index (χ3v) is 7.22. The van der Waals surface area contributed by atoms with E-state index in [4.69, 9.17) is 14.6 Å². The summed E-state index contributed by atoms with van der Waals surface area (Å²) in [6, 6.07) is 6.50. The van der Waals surface area contributed by atoms with Crippen LogP contribution >= 0.6 is 0 Å². The van der Waals surface area contributed by atoms with Gasteiger partial charge in [0.2, 0.25) is 5.91 Å². The van der Waals surface area contributed by atoms with Gasteiger partial charge in [0.05, 0.1) is 18.2 Å². The zero-order valence-electron chi connectivity index (χ0n) is 19.3. The van der Waals surface area contributed by atoms with Crippen molar-refractivity contribution >= 4 is 11.9 Å². The van der Waals surface area contributed by atoms with E-state index in [1.54, 1.807) is 0 Å². The molecule has 0 radical (unpaired) electrons. The molecule has 31 heavy (non-hydrogen) atoms. The standard InChI is InChI=1S/C25H35NO5/c1-24(2,3)15-9-10-19-16(13-15)23-17(25(4,5)31-19)14-18-20(30-23)11-12-26(18)21(27)7-6-8-22(28)29/h9-10,13,17-18,20,23H,6-8,11-12,14H2,1-5H3,(H,28,29)/t17-,18-,20-,23+/m1/s1. The number of rotatable bonds is 4. The quantitative estimate of drug-likeness (QED) is 0.765. The Kier molecular flexibility index (Phi) is 5.57. The lowest BCUT2D eigenvalue weighted by atomic mass is 9.73. The molecule has 4 rings (SSSR count). The Hall–Kier alpha value is -2.08. The van der Waals surface area contributed by atoms with E-state index in [-0.39, 0.29) is 48.3 Å². The van der Waals surface area contributed by atoms with Crippen LogP contribution in [0.5, 0.6) is 5.75 Å². The van der Waals surface area contributed by atoms with Crippen molar-refractivity contribution < 1.29 is 24.2 Å². The number of carboxylic acids is 1. The van der Waals surface area contributed by atoms with E-state index in [1.807, 2.05) is 4.90 Å². The van der Waals surface area contributed by atoms with Crippen molar-refractivity contribution in [2.75, 3.05) is 6.54 Å². The van der Waals surface area contributed by atoms with Gasteiger partial charge in [-0.2, -0.15) is 0 Å². The molecule has 6 heteroatoms. The average molecular weight is 430 g/mol. The summed E-state index contributed by atoms with van der Waals surface area (Å²) in [5.41, 5.74) is 2.04. The summed E-state index contributed by atoms with van der Waals surface area (Å²) in [5, 5.41) is 8.86. The van der Waals surface area contributed by atoms with Gasteiger partial charge >= 0.3 is 5.97 Å². The van der Waals surface area contributed by atoms with Gasteiger partial charge < -0.3 is 19.5 Å². The highest BCUT2D eigenvalue weighted by Gasteiger charge is 2.53. The fourth-order valence-electron chi connectivity index (χ4n) is 5.40. The lowest BCUT2D eigenvalue weighted by Crippen LogP contribution is -2.54. The second kappa shape index (κ2) is 7.80. The summed E-state index contributed by atoms with van der Waals surface area (Å²) < 4.78 is 13.1. The molecule has 0 aliphatic carbocycles. The maximum absolute atomic E-state index is 12.8. The highest BCUT2D eigenvalue weighted by atomic mass is 16.5. The molecule has 170 valence electrons. The van der Waals surface area contributed by atoms with Crippen LogP contribution in [0.4, 0.5) is 0 Å². The number of ether oxygens (including phenoxy) is 2. The molecule has 2 saturated heterocycles. The molecule has 3 aliphatic heterocycles. The number of hydrogen-bond acceptors (Lipinski definition) is 4. The Bertz CT molecular complexity index is 871. The van der Waals surface area contributed by atoms with Crippen molar-refractivity contribution in [2.45, 2.75) is 96.0 Å². The number of carboxylic acid groups (broad SMARTS) is 1. The summed E-state index contributed by atoms with van der Waals surface area (Å²) in [6.45, 7) is 11.5. The van der Waals surface area contributed by atoms with Crippen LogP contribution in [-0.4, -0.2) is 46.2 Å². The first-order chi connectivity index (χ1) is 14.5. The maximum Gasteiger partial charge on any atom is 0.303 e. The van der Waals surface area contributed by atoms with E-state index >= 15 is 0 Å². The monoisotopic (exact) mass is 429 g/mol. The van der Waals surface area contributed by atoms with Gasteiger partial charge in [-0.05, 0) is 56.2 Å². The predicted octanol–water partition coefficient (Wildman–Crippen LogP) is 4.46. The number of hydrogen-bond donors (Lipinski definition) is 1. The van der Waals surface area contributed by atoms with Gasteiger partial charge in [0.15, 0.2) is 0 Å². The minimum Gasteiger partial charge on any atom is -0.487 e. The van der Waals surface area contributed by atoms with Crippen LogP contribution in [0.15, 0.2) is 18.2 Å². The molecule has 4 atom stereocenters. The van der Waals surface area contributed by atoms with Crippen LogP contribution in [-0.2, 0) is 19.7 Å². The lowest BCUT2D eigenvalue weighted by molar-refractivity contribution is -0.167. The maximum atomic E-state index is 12.8. The Balaban J connectivity index is 1.57. The van der Waals surface area contributed by atoms with Gasteiger partial charge in [-0.15, -0.1) is 0 Å². The first-order valence-corrected chi connectivity index (χ1v) is 11.5. The second-order valence-electron chi connectivity index (χ2n) is 10.8. The Labute approximate surface area is 184 Å². The third-order valence-electron chi connectivity index (χ3n) is 7.22. The van der Waals surface area contributed by atoms with E-state index in [2.05, 4.69) is 52.8 Å². The molecular formula is C25H35NO5. The Morgan fingerprint density at radius 3 is 2.65 bits per heavy atom. The van der Waals surface area contributed by atoms with Crippen LogP contribution in [0.1, 0.15) is 84.0 Å². The van der Waals surface area contributed by atoms with Crippen LogP contribution < -0.4 is 4.74 Å². The SMILES string of the molecule is CC(C)(C)c1ccc2c(c1)[C@@H]1O[C@@H]3CCN(C(=O)CCCC(=O)O)[C@@H]3C[C@H]1C(C)(C)O2. The highest BCUT2D eigenvalue weighted by molar-refractivity contribution is 5.77. The Morgan fingerprint density at radius 2 is 1.97 bits per heavy atom. The van der Waals surface area contributed by atoms with Crippen molar-refractivity contribution in [3.8, 4) is 5.75 Å². The number of carbonyl (C=O) groups is 2. The molecule has 3 aliphatic rings. The van der Waals surface area contributed by atoms with Gasteiger partial charge in [0.1, 0.15) is 11.4 Å². The fraction of sp³-hybridized carbons (Fsp3) is 0.680. The smallest absolute Gasteiger partial charge is 0.303 e. The van der Waals surface area contributed by atoms with Crippen LogP contribution in [0.2, 0.25) is 0 Å². The third kappa shape index (κ3) is 4.19. The van der Waals surface area contributed by atoms with Gasteiger partial charge in [0, 0.05) is 30.9 Å². The first-order valence-electron chi connectivity index (χ1n) is 11.5. The van der Waals surface area contributed by atoms with Crippen molar-refractivity contribution in [1.82, 2.24) is 4.90 Å². The topological polar surface area (TPSA) is 76.1 Å². The molecule has 0 unspecified atom stereocenters. The lowest BCUT2D eigenvalue weighted by Gasteiger charge is -2.51. The van der Waals surface area contributed by atoms with E-state index in [0.29, 0.717) is 13.0 Å². The highest BCUT2D eigenvalue weighted by Crippen LogP contribution is 2.53. The molecule has 2 fully saturated rings. The summed E-state index contributed by atoms with van der Waals surface area (Å²) in [5.74, 6) is 0.229. The minimum atomic E-state index is -0.856. The zero-order valence-corrected chi connectivity index (χ0v) is 19.3. The van der Waals surface area contributed by atoms with Crippen LogP contribution in [0, 0.1) is 5.92 Å². The van der Waals surface area contributed by atoms with Crippen LogP contribution in [0.25, 0.3) is 0 Å². The van der Waals surface area contributed by atoms with Crippen molar-refractivity contribution in [1.29, 1.82) is 0 Å². The van der Waals surface area contributed by atoms with E-state index in [9.17, 15) is 9.59 Å². The molecule has 0 spiro atoms. The largest absolute Gasteiger partial charge is 0.487 e. The molecule has 6 nitrogen and oxygen atoms in total. The number of aliphatic carboxylic acids is 1. The number of fused-ring (bicyclic) bond motifs is 4. The van der Waals surface area contributed by atoms with Gasteiger partial charge in [-0.3, -0.25) is 9.59 Å². The normalized spacial score (nSPS) is 28.9. The molecule has 0 aromatic heterocycles. The molecule has 0 bridgehead atoms. The minimum absolute atomic E-state index is 0.0183. The summed E-state index contributed by atoms with van der Waals surface area (Å²) in [6.07, 6.45) is 2.34. The molecule has 1 amide bonds. The average Bonchev–Trinajstić information content (AvgIpc) is 3.08. The molecule has 0 saturated carbocycles. The Morgan fingerprint density at radius 1 is 1.23 bits per heavy atom. The number of amides is 1.